The van der Waals surface area contributed by atoms with Crippen LogP contribution in [0, 0.1) is 5.92 Å². The van der Waals surface area contributed by atoms with Crippen molar-refractivity contribution in [2.45, 2.75) is 36.6 Å². The summed E-state index contributed by atoms with van der Waals surface area (Å²) >= 11 is 5.89. The monoisotopic (exact) mass is 304 g/mol. The van der Waals surface area contributed by atoms with Crippen LogP contribution in [0.25, 0.3) is 0 Å². The molecule has 1 aromatic heterocycles. The minimum Gasteiger partial charge on any atom is -0.396 e. The molecule has 19 heavy (non-hydrogen) atoms. The van der Waals surface area contributed by atoms with Crippen molar-refractivity contribution in [3.05, 3.63) is 23.5 Å². The third kappa shape index (κ3) is 3.45. The van der Waals surface area contributed by atoms with Crippen LogP contribution in [0.15, 0.2) is 23.4 Å². The third-order valence-electron chi connectivity index (χ3n) is 3.47. The van der Waals surface area contributed by atoms with Crippen LogP contribution in [0.1, 0.15) is 25.7 Å². The Morgan fingerprint density at radius 1 is 1.42 bits per heavy atom. The van der Waals surface area contributed by atoms with E-state index in [1.165, 1.54) is 18.5 Å². The minimum atomic E-state index is -3.69. The number of nitrogens with one attached hydrogen (secondary N) is 1. The van der Waals surface area contributed by atoms with E-state index >= 15 is 0 Å². The van der Waals surface area contributed by atoms with Crippen molar-refractivity contribution in [2.75, 3.05) is 6.61 Å². The van der Waals surface area contributed by atoms with E-state index in [1.54, 1.807) is 0 Å². The fraction of sp³-hybridized carbons (Fsp3) is 0.583. The zero-order valence-corrected chi connectivity index (χ0v) is 12.0. The molecule has 0 bridgehead atoms. The molecule has 106 valence electrons. The van der Waals surface area contributed by atoms with E-state index in [9.17, 15) is 13.5 Å². The average Bonchev–Trinajstić information content (AvgIpc) is 2.39. The van der Waals surface area contributed by atoms with E-state index in [4.69, 9.17) is 11.6 Å². The van der Waals surface area contributed by atoms with Gasteiger partial charge in [-0.15, -0.1) is 0 Å². The van der Waals surface area contributed by atoms with Gasteiger partial charge in [0, 0.05) is 25.0 Å². The molecule has 7 heteroatoms. The number of aliphatic hydroxyl groups excluding tert-OH is 1. The maximum Gasteiger partial charge on any atom is 0.243 e. The van der Waals surface area contributed by atoms with Gasteiger partial charge in [-0.25, -0.2) is 13.1 Å². The standard InChI is InChI=1S/C12H17ClN2O3S/c13-10-5-6-14-7-12(10)19(17,18)15-11-4-2-1-3-9(11)8-16/h5-7,9,11,15-16H,1-4,8H2. The highest BCUT2D eigenvalue weighted by Crippen LogP contribution is 2.26. The van der Waals surface area contributed by atoms with Crippen molar-refractivity contribution < 1.29 is 13.5 Å². The predicted octanol–water partition coefficient (Wildman–Crippen LogP) is 1.56. The van der Waals surface area contributed by atoms with Gasteiger partial charge in [0.1, 0.15) is 4.90 Å². The van der Waals surface area contributed by atoms with E-state index in [0.29, 0.717) is 0 Å². The molecule has 0 aromatic carbocycles. The van der Waals surface area contributed by atoms with Crippen LogP contribution < -0.4 is 4.72 Å². The molecule has 1 saturated carbocycles. The quantitative estimate of drug-likeness (QED) is 0.885. The first-order valence-electron chi connectivity index (χ1n) is 6.27. The summed E-state index contributed by atoms with van der Waals surface area (Å²) in [7, 11) is -3.69. The predicted molar refractivity (Wildman–Crippen MR) is 72.4 cm³/mol. The Kier molecular flexibility index (Phi) is 4.78. The van der Waals surface area contributed by atoms with Crippen molar-refractivity contribution in [1.29, 1.82) is 0 Å². The summed E-state index contributed by atoms with van der Waals surface area (Å²) in [4.78, 5) is 3.78. The maximum absolute atomic E-state index is 12.3. The maximum atomic E-state index is 12.3. The van der Waals surface area contributed by atoms with Crippen LogP contribution in [0.5, 0.6) is 0 Å². The lowest BCUT2D eigenvalue weighted by atomic mass is 9.86. The molecule has 1 heterocycles. The third-order valence-corrected chi connectivity index (χ3v) is 5.43. The first-order valence-corrected chi connectivity index (χ1v) is 8.13. The lowest BCUT2D eigenvalue weighted by molar-refractivity contribution is 0.164. The Morgan fingerprint density at radius 3 is 2.84 bits per heavy atom. The van der Waals surface area contributed by atoms with Crippen LogP contribution in [0.3, 0.4) is 0 Å². The second kappa shape index (κ2) is 6.17. The number of aliphatic hydroxyl groups is 1. The Morgan fingerprint density at radius 2 is 2.16 bits per heavy atom. The zero-order valence-electron chi connectivity index (χ0n) is 10.4. The van der Waals surface area contributed by atoms with Crippen molar-refractivity contribution in [3.8, 4) is 0 Å². The molecule has 1 aromatic rings. The van der Waals surface area contributed by atoms with Crippen molar-refractivity contribution >= 4 is 21.6 Å². The number of rotatable bonds is 4. The number of sulfonamides is 1. The normalized spacial score (nSPS) is 24.3. The highest BCUT2D eigenvalue weighted by molar-refractivity contribution is 7.89. The molecular weight excluding hydrogens is 288 g/mol. The van der Waals surface area contributed by atoms with Crippen LogP contribution >= 0.6 is 11.6 Å². The summed E-state index contributed by atoms with van der Waals surface area (Å²) in [5, 5.41) is 9.46. The SMILES string of the molecule is O=S(=O)(NC1CCCCC1CO)c1cnccc1Cl. The number of hydrogen-bond donors (Lipinski definition) is 2. The average molecular weight is 305 g/mol. The first kappa shape index (κ1) is 14.7. The van der Waals surface area contributed by atoms with E-state index in [-0.39, 0.29) is 28.5 Å². The lowest BCUT2D eigenvalue weighted by Crippen LogP contribution is -2.43. The Labute approximate surface area is 118 Å². The molecule has 0 saturated heterocycles. The number of aromatic nitrogens is 1. The molecule has 5 nitrogen and oxygen atoms in total. The number of hydrogen-bond acceptors (Lipinski definition) is 4. The second-order valence-corrected chi connectivity index (χ2v) is 6.85. The van der Waals surface area contributed by atoms with Gasteiger partial charge in [-0.1, -0.05) is 24.4 Å². The molecular formula is C12H17ClN2O3S. The van der Waals surface area contributed by atoms with E-state index in [2.05, 4.69) is 9.71 Å². The van der Waals surface area contributed by atoms with Gasteiger partial charge in [0.15, 0.2) is 0 Å². The molecule has 2 atom stereocenters. The number of halogens is 1. The number of nitrogens with zero attached hydrogens (tertiary/aromatic N) is 1. The molecule has 0 aliphatic heterocycles. The Bertz CT molecular complexity index is 536. The van der Waals surface area contributed by atoms with Crippen molar-refractivity contribution in [2.24, 2.45) is 5.92 Å². The lowest BCUT2D eigenvalue weighted by Gasteiger charge is -2.30. The fourth-order valence-electron chi connectivity index (χ4n) is 2.40. The molecule has 0 spiro atoms. The molecule has 1 fully saturated rings. The highest BCUT2D eigenvalue weighted by Gasteiger charge is 2.29. The minimum absolute atomic E-state index is 0.00599. The van der Waals surface area contributed by atoms with Crippen molar-refractivity contribution in [1.82, 2.24) is 9.71 Å². The molecule has 2 N–H and O–H groups in total. The van der Waals surface area contributed by atoms with Crippen molar-refractivity contribution in [3.63, 3.8) is 0 Å². The summed E-state index contributed by atoms with van der Waals surface area (Å²) in [6.07, 6.45) is 6.24. The van der Waals surface area contributed by atoms with Gasteiger partial charge >= 0.3 is 0 Å². The molecule has 1 aliphatic carbocycles. The van der Waals surface area contributed by atoms with Crippen LogP contribution in [-0.2, 0) is 10.0 Å². The van der Waals surface area contributed by atoms with Gasteiger partial charge in [-0.2, -0.15) is 0 Å². The molecule has 1 aliphatic rings. The van der Waals surface area contributed by atoms with Gasteiger partial charge < -0.3 is 5.11 Å². The summed E-state index contributed by atoms with van der Waals surface area (Å²) < 4.78 is 27.2. The van der Waals surface area contributed by atoms with E-state index in [1.807, 2.05) is 0 Å². The van der Waals surface area contributed by atoms with Crippen LogP contribution in [-0.4, -0.2) is 31.2 Å². The van der Waals surface area contributed by atoms with Gasteiger partial charge in [0.2, 0.25) is 10.0 Å². The fourth-order valence-corrected chi connectivity index (χ4v) is 4.17. The van der Waals surface area contributed by atoms with Gasteiger partial charge in [-0.3, -0.25) is 4.98 Å². The topological polar surface area (TPSA) is 79.3 Å². The second-order valence-electron chi connectivity index (χ2n) is 4.76. The number of pyridine rings is 1. The Balaban J connectivity index is 2.19. The van der Waals surface area contributed by atoms with Gasteiger partial charge in [0.05, 0.1) is 5.02 Å². The van der Waals surface area contributed by atoms with E-state index in [0.717, 1.165) is 25.7 Å². The molecule has 2 unspecified atom stereocenters. The molecule has 0 amide bonds. The van der Waals surface area contributed by atoms with Crippen LogP contribution in [0.2, 0.25) is 5.02 Å². The van der Waals surface area contributed by atoms with Gasteiger partial charge in [0.25, 0.3) is 0 Å². The summed E-state index contributed by atoms with van der Waals surface area (Å²) in [6, 6.07) is 1.21. The van der Waals surface area contributed by atoms with E-state index < -0.39 is 10.0 Å². The molecule has 0 radical (unpaired) electrons. The highest BCUT2D eigenvalue weighted by atomic mass is 35.5. The largest absolute Gasteiger partial charge is 0.396 e. The summed E-state index contributed by atoms with van der Waals surface area (Å²) in [5.74, 6) is -0.0287. The summed E-state index contributed by atoms with van der Waals surface area (Å²) in [5.41, 5.74) is 0. The Hall–Kier alpha value is -0.690. The smallest absolute Gasteiger partial charge is 0.243 e. The van der Waals surface area contributed by atoms with Crippen LogP contribution in [0.4, 0.5) is 0 Å². The summed E-state index contributed by atoms with van der Waals surface area (Å²) in [6.45, 7) is -0.00599. The first-order chi connectivity index (χ1) is 9.04. The van der Waals surface area contributed by atoms with Gasteiger partial charge in [-0.05, 0) is 24.8 Å². The molecule has 2 rings (SSSR count). The zero-order chi connectivity index (χ0) is 13.9.